The Balaban J connectivity index is 1.63. The Morgan fingerprint density at radius 1 is 1.04 bits per heavy atom. The van der Waals surface area contributed by atoms with Gasteiger partial charge in [-0.15, -0.1) is 0 Å². The molecule has 0 bridgehead atoms. The number of hydrogen-bond donors (Lipinski definition) is 1. The summed E-state index contributed by atoms with van der Waals surface area (Å²) in [6.45, 7) is 0.602. The SMILES string of the molecule is N#Cc1ccccc1NC(=O)C1CCN(S(=O)(=O)c2ccccc2)CC1. The van der Waals surface area contributed by atoms with E-state index in [2.05, 4.69) is 5.32 Å². The van der Waals surface area contributed by atoms with Crippen LogP contribution in [0.5, 0.6) is 0 Å². The Kier molecular flexibility index (Phi) is 5.35. The van der Waals surface area contributed by atoms with E-state index in [9.17, 15) is 13.2 Å². The molecule has 1 aliphatic rings. The van der Waals surface area contributed by atoms with Crippen molar-refractivity contribution in [2.75, 3.05) is 18.4 Å². The van der Waals surface area contributed by atoms with Gasteiger partial charge in [-0.2, -0.15) is 9.57 Å². The van der Waals surface area contributed by atoms with Crippen LogP contribution in [-0.4, -0.2) is 31.7 Å². The van der Waals surface area contributed by atoms with Crippen LogP contribution >= 0.6 is 0 Å². The Morgan fingerprint density at radius 2 is 1.65 bits per heavy atom. The third-order valence-corrected chi connectivity index (χ3v) is 6.42. The number of nitriles is 1. The molecule has 1 N–H and O–H groups in total. The summed E-state index contributed by atoms with van der Waals surface area (Å²) >= 11 is 0. The fourth-order valence-corrected chi connectivity index (χ4v) is 4.52. The summed E-state index contributed by atoms with van der Waals surface area (Å²) < 4.78 is 26.7. The summed E-state index contributed by atoms with van der Waals surface area (Å²) in [7, 11) is -3.52. The van der Waals surface area contributed by atoms with E-state index in [0.29, 0.717) is 37.2 Å². The molecule has 7 heteroatoms. The molecule has 0 atom stereocenters. The monoisotopic (exact) mass is 369 g/mol. The molecule has 1 amide bonds. The minimum absolute atomic E-state index is 0.176. The molecule has 0 aliphatic carbocycles. The van der Waals surface area contributed by atoms with Gasteiger partial charge in [-0.1, -0.05) is 30.3 Å². The minimum atomic E-state index is -3.52. The fraction of sp³-hybridized carbons (Fsp3) is 0.263. The maximum Gasteiger partial charge on any atom is 0.243 e. The lowest BCUT2D eigenvalue weighted by Gasteiger charge is -2.30. The van der Waals surface area contributed by atoms with Gasteiger partial charge in [-0.25, -0.2) is 8.42 Å². The molecule has 0 spiro atoms. The van der Waals surface area contributed by atoms with Crippen molar-refractivity contribution in [3.8, 4) is 6.07 Å². The summed E-state index contributed by atoms with van der Waals surface area (Å²) in [6.07, 6.45) is 0.902. The maximum atomic E-state index is 12.6. The zero-order valence-corrected chi connectivity index (χ0v) is 14.9. The number of para-hydroxylation sites is 1. The van der Waals surface area contributed by atoms with Crippen molar-refractivity contribution in [3.63, 3.8) is 0 Å². The van der Waals surface area contributed by atoms with Gasteiger partial charge in [0.05, 0.1) is 16.1 Å². The number of piperidine rings is 1. The average Bonchev–Trinajstić information content (AvgIpc) is 2.69. The number of nitrogens with one attached hydrogen (secondary N) is 1. The second kappa shape index (κ2) is 7.68. The Hall–Kier alpha value is -2.69. The third kappa shape index (κ3) is 3.77. The summed E-state index contributed by atoms with van der Waals surface area (Å²) in [6, 6.07) is 17.2. The highest BCUT2D eigenvalue weighted by molar-refractivity contribution is 7.89. The van der Waals surface area contributed by atoms with Gasteiger partial charge in [-0.05, 0) is 37.1 Å². The number of rotatable bonds is 4. The first-order valence-electron chi connectivity index (χ1n) is 8.37. The van der Waals surface area contributed by atoms with Gasteiger partial charge >= 0.3 is 0 Å². The maximum absolute atomic E-state index is 12.6. The van der Waals surface area contributed by atoms with E-state index in [1.165, 1.54) is 4.31 Å². The summed E-state index contributed by atoms with van der Waals surface area (Å²) in [5, 5.41) is 11.9. The summed E-state index contributed by atoms with van der Waals surface area (Å²) in [5.74, 6) is -0.451. The van der Waals surface area contributed by atoms with Gasteiger partial charge in [0.2, 0.25) is 15.9 Å². The lowest BCUT2D eigenvalue weighted by molar-refractivity contribution is -0.120. The number of benzene rings is 2. The highest BCUT2D eigenvalue weighted by Gasteiger charge is 2.32. The Bertz CT molecular complexity index is 928. The van der Waals surface area contributed by atoms with E-state index in [-0.39, 0.29) is 16.7 Å². The number of carbonyl (C=O) groups excluding carboxylic acids is 1. The molecule has 1 saturated heterocycles. The van der Waals surface area contributed by atoms with Gasteiger partial charge in [0.15, 0.2) is 0 Å². The molecule has 3 rings (SSSR count). The molecule has 1 heterocycles. The van der Waals surface area contributed by atoms with Crippen molar-refractivity contribution in [2.24, 2.45) is 5.92 Å². The molecule has 134 valence electrons. The van der Waals surface area contributed by atoms with Crippen LogP contribution < -0.4 is 5.32 Å². The van der Waals surface area contributed by atoms with E-state index in [1.54, 1.807) is 54.6 Å². The largest absolute Gasteiger partial charge is 0.325 e. The summed E-state index contributed by atoms with van der Waals surface area (Å²) in [5.41, 5.74) is 0.893. The molecule has 6 nitrogen and oxygen atoms in total. The first-order valence-corrected chi connectivity index (χ1v) is 9.81. The number of nitrogens with zero attached hydrogens (tertiary/aromatic N) is 2. The molecule has 1 aliphatic heterocycles. The van der Waals surface area contributed by atoms with Crippen molar-refractivity contribution in [2.45, 2.75) is 17.7 Å². The highest BCUT2D eigenvalue weighted by atomic mass is 32.2. The van der Waals surface area contributed by atoms with Crippen molar-refractivity contribution in [1.29, 1.82) is 5.26 Å². The number of amides is 1. The Labute approximate surface area is 153 Å². The van der Waals surface area contributed by atoms with E-state index in [4.69, 9.17) is 5.26 Å². The lowest BCUT2D eigenvalue weighted by atomic mass is 9.97. The van der Waals surface area contributed by atoms with Gasteiger partial charge in [0.1, 0.15) is 6.07 Å². The van der Waals surface area contributed by atoms with Crippen LogP contribution in [0.15, 0.2) is 59.5 Å². The van der Waals surface area contributed by atoms with E-state index >= 15 is 0 Å². The molecular formula is C19H19N3O3S. The Morgan fingerprint density at radius 3 is 2.31 bits per heavy atom. The number of anilines is 1. The first kappa shape index (κ1) is 18.1. The zero-order chi connectivity index (χ0) is 18.6. The minimum Gasteiger partial charge on any atom is -0.325 e. The molecule has 1 fully saturated rings. The van der Waals surface area contributed by atoms with Crippen LogP contribution in [0.25, 0.3) is 0 Å². The number of carbonyl (C=O) groups is 1. The molecular weight excluding hydrogens is 350 g/mol. The highest BCUT2D eigenvalue weighted by Crippen LogP contribution is 2.25. The van der Waals surface area contributed by atoms with E-state index in [1.807, 2.05) is 6.07 Å². The molecule has 0 radical (unpaired) electrons. The second-order valence-corrected chi connectivity index (χ2v) is 8.08. The van der Waals surface area contributed by atoms with Crippen LogP contribution in [-0.2, 0) is 14.8 Å². The van der Waals surface area contributed by atoms with Crippen molar-refractivity contribution >= 4 is 21.6 Å². The molecule has 0 unspecified atom stereocenters. The van der Waals surface area contributed by atoms with E-state index < -0.39 is 10.0 Å². The third-order valence-electron chi connectivity index (χ3n) is 4.51. The molecule has 26 heavy (non-hydrogen) atoms. The second-order valence-electron chi connectivity index (χ2n) is 6.14. The predicted molar refractivity (Wildman–Crippen MR) is 97.7 cm³/mol. The summed E-state index contributed by atoms with van der Waals surface area (Å²) in [4.78, 5) is 12.7. The standard InChI is InChI=1S/C19H19N3O3S/c20-14-16-6-4-5-9-18(16)21-19(23)15-10-12-22(13-11-15)26(24,25)17-7-2-1-3-8-17/h1-9,15H,10-13H2,(H,21,23). The zero-order valence-electron chi connectivity index (χ0n) is 14.1. The number of sulfonamides is 1. The van der Waals surface area contributed by atoms with Gasteiger partial charge in [-0.3, -0.25) is 4.79 Å². The smallest absolute Gasteiger partial charge is 0.243 e. The van der Waals surface area contributed by atoms with Crippen LogP contribution in [0.2, 0.25) is 0 Å². The molecule has 0 saturated carbocycles. The average molecular weight is 369 g/mol. The van der Waals surface area contributed by atoms with Gasteiger partial charge in [0.25, 0.3) is 0 Å². The quantitative estimate of drug-likeness (QED) is 0.897. The topological polar surface area (TPSA) is 90.3 Å². The van der Waals surface area contributed by atoms with Crippen molar-refractivity contribution in [3.05, 3.63) is 60.2 Å². The van der Waals surface area contributed by atoms with Gasteiger partial charge < -0.3 is 5.32 Å². The number of hydrogen-bond acceptors (Lipinski definition) is 4. The normalized spacial score (nSPS) is 16.0. The van der Waals surface area contributed by atoms with Crippen molar-refractivity contribution < 1.29 is 13.2 Å². The van der Waals surface area contributed by atoms with Crippen molar-refractivity contribution in [1.82, 2.24) is 4.31 Å². The van der Waals surface area contributed by atoms with Crippen LogP contribution in [0.1, 0.15) is 18.4 Å². The predicted octanol–water partition coefficient (Wildman–Crippen LogP) is 2.60. The molecule has 2 aromatic rings. The molecule has 2 aromatic carbocycles. The van der Waals surface area contributed by atoms with E-state index in [0.717, 1.165) is 0 Å². The lowest BCUT2D eigenvalue weighted by Crippen LogP contribution is -2.41. The van der Waals surface area contributed by atoms with Crippen LogP contribution in [0.4, 0.5) is 5.69 Å². The van der Waals surface area contributed by atoms with Crippen LogP contribution in [0, 0.1) is 17.2 Å². The van der Waals surface area contributed by atoms with Gasteiger partial charge in [0, 0.05) is 19.0 Å². The molecule has 0 aromatic heterocycles. The first-order chi connectivity index (χ1) is 12.5. The van der Waals surface area contributed by atoms with Crippen LogP contribution in [0.3, 0.4) is 0 Å². The fourth-order valence-electron chi connectivity index (χ4n) is 3.02.